The number of carbonyl (C=O) groups is 1. The molecule has 0 radical (unpaired) electrons. The summed E-state index contributed by atoms with van der Waals surface area (Å²) in [5.74, 6) is -1.14. The first kappa shape index (κ1) is 22.6. The third-order valence-electron chi connectivity index (χ3n) is 7.33. The van der Waals surface area contributed by atoms with Gasteiger partial charge in [0.15, 0.2) is 5.82 Å². The van der Waals surface area contributed by atoms with E-state index in [1.54, 1.807) is 12.3 Å². The molecule has 6 rings (SSSR count). The van der Waals surface area contributed by atoms with Crippen LogP contribution in [0.3, 0.4) is 0 Å². The zero-order valence-corrected chi connectivity index (χ0v) is 19.2. The summed E-state index contributed by atoms with van der Waals surface area (Å²) >= 11 is 0. The van der Waals surface area contributed by atoms with Crippen LogP contribution >= 0.6 is 0 Å². The second-order valence-electron chi connectivity index (χ2n) is 9.31. The van der Waals surface area contributed by atoms with E-state index in [-0.39, 0.29) is 29.0 Å². The van der Waals surface area contributed by atoms with Crippen molar-refractivity contribution in [3.05, 3.63) is 64.6 Å². The van der Waals surface area contributed by atoms with Gasteiger partial charge in [-0.15, -0.1) is 5.10 Å². The van der Waals surface area contributed by atoms with Crippen molar-refractivity contribution in [1.82, 2.24) is 35.0 Å². The normalized spacial score (nSPS) is 23.7. The van der Waals surface area contributed by atoms with E-state index in [1.807, 2.05) is 11.0 Å². The number of carbonyl (C=O) groups excluding carboxylic acids is 1. The predicted octanol–water partition coefficient (Wildman–Crippen LogP) is 1.52. The number of tetrazole rings is 1. The number of benzene rings is 1. The van der Waals surface area contributed by atoms with Crippen LogP contribution in [0.5, 0.6) is 0 Å². The first-order valence-corrected chi connectivity index (χ1v) is 11.8. The number of piperazine rings is 1. The predicted molar refractivity (Wildman–Crippen MR) is 120 cm³/mol. The average Bonchev–Trinajstić information content (AvgIpc) is 3.58. The quantitative estimate of drug-likeness (QED) is 0.541. The first-order valence-electron chi connectivity index (χ1n) is 11.8. The molecular weight excluding hydrogens is 470 g/mol. The molecule has 36 heavy (non-hydrogen) atoms. The molecular formula is C24H22F2N8O2. The Hall–Kier alpha value is -3.82. The molecule has 184 valence electrons. The van der Waals surface area contributed by atoms with Gasteiger partial charge in [0.2, 0.25) is 5.91 Å². The Kier molecular flexibility index (Phi) is 5.66. The maximum Gasteiger partial charge on any atom is 0.230 e. The lowest BCUT2D eigenvalue weighted by atomic mass is 9.98. The number of ether oxygens (including phenoxy) is 1. The zero-order chi connectivity index (χ0) is 24.8. The van der Waals surface area contributed by atoms with Crippen LogP contribution in [0.4, 0.5) is 8.78 Å². The van der Waals surface area contributed by atoms with E-state index >= 15 is 0 Å². The standard InChI is InChI=1S/C24H22F2N8O2/c25-20-7-21(26)18(5-15(20)8-27)22-11-32-3-4-33(10-16(32)12-36-22)24(35)17-2-1-14-6-23(28-9-19(14)17)34-13-29-30-31-34/h5-7,9,13,16-17,22H,1-4,10-12H2/t16-,17?,22-/m0/s1. The molecule has 1 aromatic carbocycles. The van der Waals surface area contributed by atoms with Gasteiger partial charge < -0.3 is 9.64 Å². The Morgan fingerprint density at radius 3 is 2.83 bits per heavy atom. The van der Waals surface area contributed by atoms with Crippen LogP contribution in [0.2, 0.25) is 0 Å². The number of aryl methyl sites for hydroxylation is 1. The van der Waals surface area contributed by atoms with Gasteiger partial charge in [0.1, 0.15) is 24.0 Å². The van der Waals surface area contributed by atoms with E-state index in [4.69, 9.17) is 10.00 Å². The highest BCUT2D eigenvalue weighted by Gasteiger charge is 2.39. The van der Waals surface area contributed by atoms with Gasteiger partial charge in [0.05, 0.1) is 30.2 Å². The number of amides is 1. The molecule has 1 unspecified atom stereocenters. The van der Waals surface area contributed by atoms with Crippen molar-refractivity contribution in [1.29, 1.82) is 5.26 Å². The number of pyridine rings is 1. The summed E-state index contributed by atoms with van der Waals surface area (Å²) in [4.78, 5) is 22.0. The van der Waals surface area contributed by atoms with Gasteiger partial charge in [0.25, 0.3) is 0 Å². The van der Waals surface area contributed by atoms with E-state index in [9.17, 15) is 13.6 Å². The summed E-state index contributed by atoms with van der Waals surface area (Å²) in [5.41, 5.74) is 2.00. The van der Waals surface area contributed by atoms with Crippen LogP contribution in [-0.2, 0) is 16.0 Å². The minimum atomic E-state index is -0.880. The van der Waals surface area contributed by atoms with Crippen LogP contribution in [0.25, 0.3) is 5.82 Å². The van der Waals surface area contributed by atoms with Gasteiger partial charge >= 0.3 is 0 Å². The number of rotatable bonds is 3. The minimum Gasteiger partial charge on any atom is -0.370 e. The first-order chi connectivity index (χ1) is 17.5. The molecule has 3 aromatic rings. The molecule has 2 aliphatic heterocycles. The Morgan fingerprint density at radius 2 is 2.03 bits per heavy atom. The van der Waals surface area contributed by atoms with Crippen molar-refractivity contribution in [2.24, 2.45) is 0 Å². The summed E-state index contributed by atoms with van der Waals surface area (Å²) in [6, 6.07) is 5.63. The monoisotopic (exact) mass is 492 g/mol. The number of morpholine rings is 1. The fourth-order valence-corrected chi connectivity index (χ4v) is 5.42. The zero-order valence-electron chi connectivity index (χ0n) is 19.2. The van der Waals surface area contributed by atoms with E-state index in [1.165, 1.54) is 17.1 Å². The third-order valence-corrected chi connectivity index (χ3v) is 7.33. The summed E-state index contributed by atoms with van der Waals surface area (Å²) in [7, 11) is 0. The molecule has 0 saturated carbocycles. The van der Waals surface area contributed by atoms with Crippen molar-refractivity contribution in [2.75, 3.05) is 32.8 Å². The molecule has 2 saturated heterocycles. The van der Waals surface area contributed by atoms with Crippen LogP contribution < -0.4 is 0 Å². The van der Waals surface area contributed by atoms with Gasteiger partial charge in [0, 0.05) is 44.0 Å². The number of halogens is 2. The number of nitrogens with zero attached hydrogens (tertiary/aromatic N) is 8. The molecule has 3 atom stereocenters. The number of fused-ring (bicyclic) bond motifs is 2. The van der Waals surface area contributed by atoms with Crippen molar-refractivity contribution < 1.29 is 18.3 Å². The van der Waals surface area contributed by atoms with Crippen molar-refractivity contribution in [3.63, 3.8) is 0 Å². The summed E-state index contributed by atoms with van der Waals surface area (Å²) in [6.45, 7) is 2.42. The second-order valence-corrected chi connectivity index (χ2v) is 9.31. The van der Waals surface area contributed by atoms with Crippen molar-refractivity contribution in [2.45, 2.75) is 30.9 Å². The van der Waals surface area contributed by atoms with Crippen LogP contribution in [0, 0.1) is 23.0 Å². The molecule has 10 nitrogen and oxygen atoms in total. The molecule has 0 N–H and O–H groups in total. The maximum absolute atomic E-state index is 14.4. The van der Waals surface area contributed by atoms with Gasteiger partial charge in [-0.25, -0.2) is 13.8 Å². The highest BCUT2D eigenvalue weighted by molar-refractivity contribution is 5.85. The van der Waals surface area contributed by atoms with E-state index in [0.29, 0.717) is 38.6 Å². The van der Waals surface area contributed by atoms with Gasteiger partial charge in [-0.05, 0) is 46.5 Å². The summed E-state index contributed by atoms with van der Waals surface area (Å²) in [6.07, 6.45) is 4.14. The van der Waals surface area contributed by atoms with Gasteiger partial charge in [-0.1, -0.05) is 0 Å². The molecule has 4 heterocycles. The lowest BCUT2D eigenvalue weighted by Crippen LogP contribution is -2.60. The number of aromatic nitrogens is 5. The van der Waals surface area contributed by atoms with Crippen LogP contribution in [0.15, 0.2) is 30.7 Å². The molecule has 1 amide bonds. The number of hydrogen-bond donors (Lipinski definition) is 0. The van der Waals surface area contributed by atoms with Crippen molar-refractivity contribution >= 4 is 5.91 Å². The molecule has 1 aliphatic carbocycles. The SMILES string of the molecule is N#Cc1cc([C@@H]2CN3CCN(C(=O)C4CCc5cc(-n6cnnn6)ncc54)C[C@H]3CO2)c(F)cc1F. The molecule has 12 heteroatoms. The lowest BCUT2D eigenvalue weighted by molar-refractivity contribution is -0.141. The number of hydrogen-bond acceptors (Lipinski definition) is 8. The number of nitriles is 1. The molecule has 3 aliphatic rings. The van der Waals surface area contributed by atoms with E-state index < -0.39 is 17.7 Å². The molecule has 2 aromatic heterocycles. The Labute approximate surface area is 205 Å². The Balaban J connectivity index is 1.12. The highest BCUT2D eigenvalue weighted by Crippen LogP contribution is 2.36. The fraction of sp³-hybridized carbons (Fsp3) is 0.417. The largest absolute Gasteiger partial charge is 0.370 e. The van der Waals surface area contributed by atoms with E-state index in [0.717, 1.165) is 30.0 Å². The molecule has 2 fully saturated rings. The summed E-state index contributed by atoms with van der Waals surface area (Å²) in [5, 5.41) is 20.2. The smallest absolute Gasteiger partial charge is 0.230 e. The molecule has 0 bridgehead atoms. The Bertz CT molecular complexity index is 1360. The summed E-state index contributed by atoms with van der Waals surface area (Å²) < 4.78 is 35.6. The fourth-order valence-electron chi connectivity index (χ4n) is 5.42. The second kappa shape index (κ2) is 9.00. The van der Waals surface area contributed by atoms with Crippen LogP contribution in [0.1, 0.15) is 40.7 Å². The van der Waals surface area contributed by atoms with Gasteiger partial charge in [-0.3, -0.25) is 9.69 Å². The van der Waals surface area contributed by atoms with E-state index in [2.05, 4.69) is 25.4 Å². The van der Waals surface area contributed by atoms with Crippen LogP contribution in [-0.4, -0.2) is 79.7 Å². The minimum absolute atomic E-state index is 0.0147. The third kappa shape index (κ3) is 3.90. The molecule has 0 spiro atoms. The Morgan fingerprint density at radius 1 is 1.14 bits per heavy atom. The van der Waals surface area contributed by atoms with Gasteiger partial charge in [-0.2, -0.15) is 9.94 Å². The highest BCUT2D eigenvalue weighted by atomic mass is 19.1. The average molecular weight is 492 g/mol. The maximum atomic E-state index is 14.4. The lowest BCUT2D eigenvalue weighted by Gasteiger charge is -2.46. The van der Waals surface area contributed by atoms with Crippen molar-refractivity contribution in [3.8, 4) is 11.9 Å². The topological polar surface area (TPSA) is 113 Å².